The number of carbonyl (C=O) groups excluding carboxylic acids is 1. The number of halogens is 1. The molecule has 7 nitrogen and oxygen atoms in total. The van der Waals surface area contributed by atoms with Gasteiger partial charge in [0, 0.05) is 15.7 Å². The zero-order valence-electron chi connectivity index (χ0n) is 17.0. The fraction of sp³-hybridized carbons (Fsp3) is 0.0435. The highest BCUT2D eigenvalue weighted by Crippen LogP contribution is 2.29. The van der Waals surface area contributed by atoms with E-state index in [1.54, 1.807) is 0 Å². The van der Waals surface area contributed by atoms with Crippen molar-refractivity contribution < 1.29 is 9.53 Å². The van der Waals surface area contributed by atoms with Gasteiger partial charge in [0.25, 0.3) is 0 Å². The number of nitrogens with one attached hydrogen (secondary N) is 1. The van der Waals surface area contributed by atoms with E-state index in [2.05, 4.69) is 36.7 Å². The van der Waals surface area contributed by atoms with E-state index in [0.717, 1.165) is 33.2 Å². The molecule has 1 aromatic heterocycles. The summed E-state index contributed by atoms with van der Waals surface area (Å²) in [6.45, 7) is 0. The standard InChI is InChI=1S/C23H18BrN5O2S/c1-31-22(30)21(27-25-18-14-12-17(24)13-15-18)32-23-28-26-20(16-8-4-2-5-9-16)29(23)19-10-6-3-7-11-19/h2-15,25H,1H3. The van der Waals surface area contributed by atoms with Gasteiger partial charge in [-0.2, -0.15) is 5.10 Å². The van der Waals surface area contributed by atoms with Crippen molar-refractivity contribution in [1.29, 1.82) is 0 Å². The van der Waals surface area contributed by atoms with Gasteiger partial charge in [-0.15, -0.1) is 10.2 Å². The van der Waals surface area contributed by atoms with Crippen LogP contribution in [0.15, 0.2) is 99.7 Å². The summed E-state index contributed by atoms with van der Waals surface area (Å²) < 4.78 is 7.76. The Balaban J connectivity index is 1.72. The van der Waals surface area contributed by atoms with E-state index in [-0.39, 0.29) is 5.04 Å². The van der Waals surface area contributed by atoms with Gasteiger partial charge < -0.3 is 4.74 Å². The number of benzene rings is 3. The smallest absolute Gasteiger partial charge is 0.365 e. The van der Waals surface area contributed by atoms with Gasteiger partial charge in [-0.25, -0.2) is 4.79 Å². The average molecular weight is 508 g/mol. The Morgan fingerprint density at radius 1 is 0.969 bits per heavy atom. The van der Waals surface area contributed by atoms with Crippen LogP contribution >= 0.6 is 27.7 Å². The van der Waals surface area contributed by atoms with Gasteiger partial charge in [-0.1, -0.05) is 64.5 Å². The monoisotopic (exact) mass is 507 g/mol. The van der Waals surface area contributed by atoms with Crippen molar-refractivity contribution in [2.45, 2.75) is 5.16 Å². The molecule has 0 unspecified atom stereocenters. The van der Waals surface area contributed by atoms with Crippen molar-refractivity contribution in [2.75, 3.05) is 12.5 Å². The maximum absolute atomic E-state index is 12.4. The Kier molecular flexibility index (Phi) is 6.98. The van der Waals surface area contributed by atoms with Gasteiger partial charge in [-0.05, 0) is 48.2 Å². The average Bonchev–Trinajstić information content (AvgIpc) is 3.27. The number of hydrazone groups is 1. The number of ether oxygens (including phenoxy) is 1. The number of thioether (sulfide) groups is 1. The van der Waals surface area contributed by atoms with Crippen LogP contribution in [0.5, 0.6) is 0 Å². The molecule has 0 bridgehead atoms. The molecule has 3 aromatic carbocycles. The van der Waals surface area contributed by atoms with Crippen molar-refractivity contribution in [3.05, 3.63) is 89.4 Å². The molecule has 0 radical (unpaired) electrons. The maximum atomic E-state index is 12.4. The normalized spacial score (nSPS) is 11.2. The molecule has 4 rings (SSSR count). The summed E-state index contributed by atoms with van der Waals surface area (Å²) in [5.74, 6) is 0.0767. The van der Waals surface area contributed by atoms with Crippen molar-refractivity contribution in [3.63, 3.8) is 0 Å². The minimum absolute atomic E-state index is 0.0969. The maximum Gasteiger partial charge on any atom is 0.365 e. The van der Waals surface area contributed by atoms with E-state index in [1.165, 1.54) is 7.11 Å². The Labute approximate surface area is 197 Å². The van der Waals surface area contributed by atoms with Gasteiger partial charge in [0.05, 0.1) is 12.8 Å². The number of aromatic nitrogens is 3. The molecule has 9 heteroatoms. The van der Waals surface area contributed by atoms with Crippen LogP contribution in [0.3, 0.4) is 0 Å². The second kappa shape index (κ2) is 10.3. The number of carbonyl (C=O) groups is 1. The Morgan fingerprint density at radius 3 is 2.28 bits per heavy atom. The summed E-state index contributed by atoms with van der Waals surface area (Å²) in [4.78, 5) is 12.4. The molecule has 0 aliphatic heterocycles. The minimum atomic E-state index is -0.580. The number of rotatable bonds is 5. The molecule has 32 heavy (non-hydrogen) atoms. The molecule has 0 fully saturated rings. The fourth-order valence-corrected chi connectivity index (χ4v) is 3.90. The third-order valence-electron chi connectivity index (χ3n) is 4.36. The van der Waals surface area contributed by atoms with Crippen LogP contribution in [0.1, 0.15) is 0 Å². The van der Waals surface area contributed by atoms with Gasteiger partial charge in [0.2, 0.25) is 10.2 Å². The molecule has 160 valence electrons. The highest BCUT2D eigenvalue weighted by atomic mass is 79.9. The van der Waals surface area contributed by atoms with Crippen LogP contribution in [0.4, 0.5) is 5.69 Å². The minimum Gasteiger partial charge on any atom is -0.464 e. The zero-order valence-corrected chi connectivity index (χ0v) is 19.4. The van der Waals surface area contributed by atoms with Crippen LogP contribution in [0, 0.1) is 0 Å². The number of para-hydroxylation sites is 1. The fourth-order valence-electron chi connectivity index (χ4n) is 2.84. The largest absolute Gasteiger partial charge is 0.464 e. The molecule has 0 atom stereocenters. The van der Waals surface area contributed by atoms with Crippen LogP contribution in [0.2, 0.25) is 0 Å². The summed E-state index contributed by atoms with van der Waals surface area (Å²) in [5.41, 5.74) is 5.39. The first-order chi connectivity index (χ1) is 15.7. The third kappa shape index (κ3) is 5.06. The lowest BCUT2D eigenvalue weighted by Crippen LogP contribution is -2.15. The van der Waals surface area contributed by atoms with E-state index < -0.39 is 5.97 Å². The summed E-state index contributed by atoms with van der Waals surface area (Å²) in [6, 6.07) is 26.9. The van der Waals surface area contributed by atoms with Crippen molar-refractivity contribution in [1.82, 2.24) is 14.8 Å². The predicted molar refractivity (Wildman–Crippen MR) is 130 cm³/mol. The van der Waals surface area contributed by atoms with Gasteiger partial charge >= 0.3 is 5.97 Å². The lowest BCUT2D eigenvalue weighted by Gasteiger charge is -2.11. The van der Waals surface area contributed by atoms with Gasteiger partial charge in [0.1, 0.15) is 0 Å². The molecule has 0 saturated heterocycles. The highest BCUT2D eigenvalue weighted by molar-refractivity contribution is 9.10. The molecule has 0 amide bonds. The molecule has 0 aliphatic rings. The third-order valence-corrected chi connectivity index (χ3v) is 5.79. The highest BCUT2D eigenvalue weighted by Gasteiger charge is 2.22. The topological polar surface area (TPSA) is 81.4 Å². The molecular formula is C23H18BrN5O2S. The van der Waals surface area contributed by atoms with Gasteiger partial charge in [-0.3, -0.25) is 9.99 Å². The van der Waals surface area contributed by atoms with Crippen molar-refractivity contribution in [2.24, 2.45) is 5.10 Å². The Bertz CT molecular complexity index is 1230. The van der Waals surface area contributed by atoms with E-state index in [4.69, 9.17) is 4.74 Å². The number of esters is 1. The first-order valence-corrected chi connectivity index (χ1v) is 11.2. The summed E-state index contributed by atoms with van der Waals surface area (Å²) >= 11 is 4.47. The summed E-state index contributed by atoms with van der Waals surface area (Å²) in [6.07, 6.45) is 0. The summed E-state index contributed by atoms with van der Waals surface area (Å²) in [5, 5.41) is 13.6. The number of hydrogen-bond donors (Lipinski definition) is 1. The zero-order chi connectivity index (χ0) is 22.3. The first kappa shape index (κ1) is 21.8. The lowest BCUT2D eigenvalue weighted by molar-refractivity contribution is -0.132. The Hall–Kier alpha value is -3.43. The number of anilines is 1. The van der Waals surface area contributed by atoms with Crippen LogP contribution in [-0.2, 0) is 9.53 Å². The number of methoxy groups -OCH3 is 1. The molecule has 1 heterocycles. The second-order valence-corrected chi connectivity index (χ2v) is 8.34. The van der Waals surface area contributed by atoms with Crippen LogP contribution < -0.4 is 5.43 Å². The number of hydrogen-bond acceptors (Lipinski definition) is 7. The Morgan fingerprint density at radius 2 is 1.62 bits per heavy atom. The van der Waals surface area contributed by atoms with E-state index in [9.17, 15) is 4.79 Å². The van der Waals surface area contributed by atoms with Crippen LogP contribution in [-0.4, -0.2) is 32.9 Å². The number of nitrogens with zero attached hydrogens (tertiary/aromatic N) is 4. The lowest BCUT2D eigenvalue weighted by atomic mass is 10.2. The van der Waals surface area contributed by atoms with Crippen molar-refractivity contribution in [3.8, 4) is 17.1 Å². The predicted octanol–water partition coefficient (Wildman–Crippen LogP) is 5.39. The van der Waals surface area contributed by atoms with E-state index in [0.29, 0.717) is 11.0 Å². The summed E-state index contributed by atoms with van der Waals surface area (Å²) in [7, 11) is 1.31. The van der Waals surface area contributed by atoms with E-state index >= 15 is 0 Å². The molecule has 0 aliphatic carbocycles. The van der Waals surface area contributed by atoms with Gasteiger partial charge in [0.15, 0.2) is 5.82 Å². The first-order valence-electron chi connectivity index (χ1n) is 9.57. The van der Waals surface area contributed by atoms with Crippen molar-refractivity contribution >= 4 is 44.4 Å². The van der Waals surface area contributed by atoms with Crippen LogP contribution in [0.25, 0.3) is 17.1 Å². The quantitative estimate of drug-likeness (QED) is 0.128. The molecular weight excluding hydrogens is 490 g/mol. The molecule has 1 N–H and O–H groups in total. The second-order valence-electron chi connectivity index (χ2n) is 6.47. The molecule has 0 spiro atoms. The van der Waals surface area contributed by atoms with E-state index in [1.807, 2.05) is 89.5 Å². The molecule has 0 saturated carbocycles. The SMILES string of the molecule is COC(=O)C(=NNc1ccc(Br)cc1)Sc1nnc(-c2ccccc2)n1-c1ccccc1. The molecule has 4 aromatic rings.